The lowest BCUT2D eigenvalue weighted by atomic mass is 9.96. The molecule has 1 aromatic carbocycles. The van der Waals surface area contributed by atoms with E-state index >= 15 is 0 Å². The first-order valence-electron chi connectivity index (χ1n) is 10.5. The molecule has 0 radical (unpaired) electrons. The zero-order chi connectivity index (χ0) is 21.0. The van der Waals surface area contributed by atoms with Crippen LogP contribution in [0.25, 0.3) is 11.2 Å². The van der Waals surface area contributed by atoms with Crippen molar-refractivity contribution in [2.24, 2.45) is 7.05 Å². The Balaban J connectivity index is 0.00000117. The van der Waals surface area contributed by atoms with Crippen molar-refractivity contribution in [3.63, 3.8) is 0 Å². The van der Waals surface area contributed by atoms with Crippen LogP contribution in [0, 0.1) is 6.92 Å². The van der Waals surface area contributed by atoms with Gasteiger partial charge in [0.1, 0.15) is 0 Å². The summed E-state index contributed by atoms with van der Waals surface area (Å²) >= 11 is 0. The van der Waals surface area contributed by atoms with E-state index in [1.54, 1.807) is 7.05 Å². The van der Waals surface area contributed by atoms with Crippen molar-refractivity contribution in [1.82, 2.24) is 19.1 Å². The summed E-state index contributed by atoms with van der Waals surface area (Å²) in [4.78, 5) is 31.7. The molecule has 29 heavy (non-hydrogen) atoms. The standard InChI is InChI=1S/C20H25N5O2.C2H6/c1-13-8-6-7-9-14(13)12-25-16-17(24(2)20(27)23-18(16)26)22-19(25)21-15-10-4-3-5-11-15;1-2/h6-9,15H,3-5,10-12H2,1-2H3,(H,21,22)(H,23,26,27);1-2H3. The minimum Gasteiger partial charge on any atom is -0.353 e. The molecule has 0 saturated heterocycles. The third kappa shape index (κ3) is 4.28. The van der Waals surface area contributed by atoms with Crippen LogP contribution in [0.4, 0.5) is 5.95 Å². The Bertz CT molecular complexity index is 1090. The SMILES string of the molecule is CC.Cc1ccccc1Cn1c(NC2CCCCC2)nc2c1c(=O)[nH]c(=O)n2C. The van der Waals surface area contributed by atoms with E-state index in [2.05, 4.69) is 34.3 Å². The average molecular weight is 398 g/mol. The fourth-order valence-electron chi connectivity index (χ4n) is 3.89. The number of nitrogens with zero attached hydrogens (tertiary/aromatic N) is 3. The molecule has 2 N–H and O–H groups in total. The summed E-state index contributed by atoms with van der Waals surface area (Å²) in [5.74, 6) is 0.659. The predicted molar refractivity (Wildman–Crippen MR) is 118 cm³/mol. The Kier molecular flexibility index (Phi) is 6.56. The lowest BCUT2D eigenvalue weighted by molar-refractivity contribution is 0.459. The van der Waals surface area contributed by atoms with Crippen molar-refractivity contribution in [1.29, 1.82) is 0 Å². The predicted octanol–water partition coefficient (Wildman–Crippen LogP) is 3.55. The summed E-state index contributed by atoms with van der Waals surface area (Å²) in [7, 11) is 1.64. The van der Waals surface area contributed by atoms with Gasteiger partial charge < -0.3 is 5.32 Å². The summed E-state index contributed by atoms with van der Waals surface area (Å²) in [6.07, 6.45) is 5.88. The largest absolute Gasteiger partial charge is 0.353 e. The van der Waals surface area contributed by atoms with Gasteiger partial charge in [0, 0.05) is 13.1 Å². The van der Waals surface area contributed by atoms with E-state index in [1.807, 2.05) is 30.5 Å². The Morgan fingerprint density at radius 1 is 1.14 bits per heavy atom. The van der Waals surface area contributed by atoms with Crippen LogP contribution in [0.5, 0.6) is 0 Å². The van der Waals surface area contributed by atoms with Crippen molar-refractivity contribution in [3.05, 3.63) is 56.2 Å². The lowest BCUT2D eigenvalue weighted by Crippen LogP contribution is -2.29. The summed E-state index contributed by atoms with van der Waals surface area (Å²) in [6.45, 7) is 6.59. The van der Waals surface area contributed by atoms with Gasteiger partial charge in [-0.2, -0.15) is 4.98 Å². The summed E-state index contributed by atoms with van der Waals surface area (Å²) in [5.41, 5.74) is 2.28. The van der Waals surface area contributed by atoms with Crippen molar-refractivity contribution < 1.29 is 0 Å². The maximum Gasteiger partial charge on any atom is 0.329 e. The normalized spacial score (nSPS) is 14.5. The Morgan fingerprint density at radius 3 is 2.52 bits per heavy atom. The van der Waals surface area contributed by atoms with Crippen molar-refractivity contribution >= 4 is 17.1 Å². The van der Waals surface area contributed by atoms with E-state index in [9.17, 15) is 9.59 Å². The fourth-order valence-corrected chi connectivity index (χ4v) is 3.89. The minimum atomic E-state index is -0.447. The molecule has 0 bridgehead atoms. The third-order valence-electron chi connectivity index (χ3n) is 5.54. The molecule has 2 heterocycles. The molecule has 1 aliphatic carbocycles. The molecular formula is C22H31N5O2. The van der Waals surface area contributed by atoms with Crippen LogP contribution in [-0.2, 0) is 13.6 Å². The van der Waals surface area contributed by atoms with Crippen LogP contribution in [-0.4, -0.2) is 25.1 Å². The molecule has 1 fully saturated rings. The maximum atomic E-state index is 12.6. The lowest BCUT2D eigenvalue weighted by Gasteiger charge is -2.23. The van der Waals surface area contributed by atoms with E-state index in [1.165, 1.54) is 23.8 Å². The minimum absolute atomic E-state index is 0.349. The highest BCUT2D eigenvalue weighted by Gasteiger charge is 2.21. The van der Waals surface area contributed by atoms with Gasteiger partial charge in [0.15, 0.2) is 11.2 Å². The van der Waals surface area contributed by atoms with Crippen molar-refractivity contribution in [3.8, 4) is 0 Å². The van der Waals surface area contributed by atoms with E-state index in [0.717, 1.165) is 24.0 Å². The summed E-state index contributed by atoms with van der Waals surface area (Å²) < 4.78 is 3.31. The first kappa shape index (κ1) is 20.9. The van der Waals surface area contributed by atoms with Gasteiger partial charge in [-0.1, -0.05) is 57.4 Å². The van der Waals surface area contributed by atoms with Crippen LogP contribution < -0.4 is 16.6 Å². The highest BCUT2D eigenvalue weighted by Crippen LogP contribution is 2.24. The van der Waals surface area contributed by atoms with Gasteiger partial charge in [0.25, 0.3) is 5.56 Å². The van der Waals surface area contributed by atoms with Crippen LogP contribution in [0.2, 0.25) is 0 Å². The molecule has 0 atom stereocenters. The molecule has 0 unspecified atom stereocenters. The van der Waals surface area contributed by atoms with Gasteiger partial charge in [-0.25, -0.2) is 4.79 Å². The second kappa shape index (κ2) is 9.11. The molecular weight excluding hydrogens is 366 g/mol. The first-order valence-corrected chi connectivity index (χ1v) is 10.5. The second-order valence-corrected chi connectivity index (χ2v) is 7.42. The van der Waals surface area contributed by atoms with E-state index in [0.29, 0.717) is 29.7 Å². The molecule has 4 rings (SSSR count). The number of nitrogens with one attached hydrogen (secondary N) is 2. The van der Waals surface area contributed by atoms with Gasteiger partial charge in [0.05, 0.1) is 6.54 Å². The fraction of sp³-hybridized carbons (Fsp3) is 0.500. The van der Waals surface area contributed by atoms with Crippen LogP contribution >= 0.6 is 0 Å². The number of hydrogen-bond acceptors (Lipinski definition) is 4. The van der Waals surface area contributed by atoms with Gasteiger partial charge in [-0.3, -0.25) is 18.9 Å². The molecule has 7 heteroatoms. The van der Waals surface area contributed by atoms with Crippen LogP contribution in [0.3, 0.4) is 0 Å². The smallest absolute Gasteiger partial charge is 0.329 e. The van der Waals surface area contributed by atoms with Gasteiger partial charge in [-0.05, 0) is 30.9 Å². The molecule has 156 valence electrons. The summed E-state index contributed by atoms with van der Waals surface area (Å²) in [6, 6.07) is 8.46. The molecule has 0 aliphatic heterocycles. The summed E-state index contributed by atoms with van der Waals surface area (Å²) in [5, 5.41) is 3.54. The van der Waals surface area contributed by atoms with Gasteiger partial charge >= 0.3 is 5.69 Å². The number of imidazole rings is 1. The number of anilines is 1. The second-order valence-electron chi connectivity index (χ2n) is 7.42. The topological polar surface area (TPSA) is 84.7 Å². The number of rotatable bonds is 4. The molecule has 0 spiro atoms. The first-order chi connectivity index (χ1) is 14.0. The van der Waals surface area contributed by atoms with Gasteiger partial charge in [0.2, 0.25) is 5.95 Å². The third-order valence-corrected chi connectivity index (χ3v) is 5.54. The number of aryl methyl sites for hydroxylation is 2. The maximum absolute atomic E-state index is 12.6. The van der Waals surface area contributed by atoms with Crippen LogP contribution in [0.15, 0.2) is 33.9 Å². The number of hydrogen-bond donors (Lipinski definition) is 2. The number of aromatic amines is 1. The van der Waals surface area contributed by atoms with Crippen molar-refractivity contribution in [2.45, 2.75) is 65.5 Å². The quantitative estimate of drug-likeness (QED) is 0.705. The van der Waals surface area contributed by atoms with E-state index < -0.39 is 11.2 Å². The van der Waals surface area contributed by atoms with Crippen LogP contribution in [0.1, 0.15) is 57.1 Å². The van der Waals surface area contributed by atoms with Crippen molar-refractivity contribution in [2.75, 3.05) is 5.32 Å². The number of benzene rings is 1. The number of H-pyrrole nitrogens is 1. The molecule has 2 aromatic heterocycles. The molecule has 1 aliphatic rings. The van der Waals surface area contributed by atoms with E-state index in [4.69, 9.17) is 0 Å². The highest BCUT2D eigenvalue weighted by molar-refractivity contribution is 5.74. The Morgan fingerprint density at radius 2 is 1.83 bits per heavy atom. The zero-order valence-electron chi connectivity index (χ0n) is 17.8. The molecule has 1 saturated carbocycles. The highest BCUT2D eigenvalue weighted by atomic mass is 16.2. The van der Waals surface area contributed by atoms with Gasteiger partial charge in [-0.15, -0.1) is 0 Å². The number of aromatic nitrogens is 4. The molecule has 3 aromatic rings. The zero-order valence-corrected chi connectivity index (χ0v) is 17.8. The average Bonchev–Trinajstić information content (AvgIpc) is 3.09. The Labute approximate surface area is 170 Å². The molecule has 0 amide bonds. The number of fused-ring (bicyclic) bond motifs is 1. The Hall–Kier alpha value is -2.83. The monoisotopic (exact) mass is 397 g/mol. The van der Waals surface area contributed by atoms with E-state index in [-0.39, 0.29) is 0 Å². The molecule has 7 nitrogen and oxygen atoms in total.